The predicted molar refractivity (Wildman–Crippen MR) is 82.5 cm³/mol. The fourth-order valence-corrected chi connectivity index (χ4v) is 2.38. The van der Waals surface area contributed by atoms with Gasteiger partial charge in [0.05, 0.1) is 5.57 Å². The van der Waals surface area contributed by atoms with E-state index in [4.69, 9.17) is 16.1 Å². The van der Waals surface area contributed by atoms with Crippen LogP contribution in [0.15, 0.2) is 34.4 Å². The molecule has 23 heavy (non-hydrogen) atoms. The third-order valence-corrected chi connectivity index (χ3v) is 3.42. The predicted octanol–water partition coefficient (Wildman–Crippen LogP) is 2.50. The minimum Gasteiger partial charge on any atom is -0.360 e. The van der Waals surface area contributed by atoms with Crippen molar-refractivity contribution in [3.63, 3.8) is 0 Å². The first-order chi connectivity index (χ1) is 11.0. The first kappa shape index (κ1) is 14.8. The molecule has 7 nitrogen and oxygen atoms in total. The van der Waals surface area contributed by atoms with Crippen LogP contribution >= 0.6 is 11.6 Å². The number of anilines is 2. The molecule has 3 rings (SSSR count). The maximum atomic E-state index is 12.3. The van der Waals surface area contributed by atoms with Gasteiger partial charge in [0.15, 0.2) is 5.82 Å². The van der Waals surface area contributed by atoms with E-state index in [2.05, 4.69) is 15.8 Å². The van der Waals surface area contributed by atoms with E-state index in [1.165, 1.54) is 12.1 Å². The number of aryl methyl sites for hydroxylation is 1. The number of nitrogens with zero attached hydrogens (tertiary/aromatic N) is 2. The highest BCUT2D eigenvalue weighted by molar-refractivity contribution is 6.38. The number of halogens is 1. The Kier molecular flexibility index (Phi) is 3.60. The Balaban J connectivity index is 2.04. The second kappa shape index (κ2) is 5.59. The van der Waals surface area contributed by atoms with Crippen LogP contribution in [0.3, 0.4) is 0 Å². The normalized spacial score (nSPS) is 14.7. The molecule has 2 N–H and O–H groups in total. The zero-order chi connectivity index (χ0) is 16.6. The summed E-state index contributed by atoms with van der Waals surface area (Å²) >= 11 is 5.93. The molecule has 0 bridgehead atoms. The van der Waals surface area contributed by atoms with Crippen LogP contribution in [0.4, 0.5) is 11.5 Å². The van der Waals surface area contributed by atoms with Crippen LogP contribution in [0, 0.1) is 18.3 Å². The monoisotopic (exact) mass is 328 g/mol. The average molecular weight is 329 g/mol. The van der Waals surface area contributed by atoms with Crippen molar-refractivity contribution < 1.29 is 14.1 Å². The van der Waals surface area contributed by atoms with Gasteiger partial charge in [-0.15, -0.1) is 0 Å². The largest absolute Gasteiger partial charge is 0.360 e. The third kappa shape index (κ3) is 2.67. The van der Waals surface area contributed by atoms with E-state index in [0.717, 1.165) is 0 Å². The van der Waals surface area contributed by atoms with Crippen molar-refractivity contribution in [3.05, 3.63) is 46.2 Å². The minimum atomic E-state index is -0.751. The first-order valence-corrected chi connectivity index (χ1v) is 6.87. The van der Waals surface area contributed by atoms with Gasteiger partial charge in [0.25, 0.3) is 11.8 Å². The van der Waals surface area contributed by atoms with Crippen molar-refractivity contribution in [2.45, 2.75) is 6.92 Å². The van der Waals surface area contributed by atoms with Crippen molar-refractivity contribution in [1.29, 1.82) is 5.26 Å². The van der Waals surface area contributed by atoms with Gasteiger partial charge < -0.3 is 15.2 Å². The highest BCUT2D eigenvalue weighted by Crippen LogP contribution is 2.35. The molecule has 0 atom stereocenters. The van der Waals surface area contributed by atoms with Crippen molar-refractivity contribution >= 4 is 40.5 Å². The highest BCUT2D eigenvalue weighted by atomic mass is 35.5. The molecular formula is C15H9ClN4O3. The molecule has 0 saturated heterocycles. The number of aromatic nitrogens is 1. The van der Waals surface area contributed by atoms with Crippen molar-refractivity contribution in [2.24, 2.45) is 0 Å². The van der Waals surface area contributed by atoms with Crippen LogP contribution in [-0.4, -0.2) is 17.0 Å². The highest BCUT2D eigenvalue weighted by Gasteiger charge is 2.30. The number of carbonyl (C=O) groups excluding carboxylic acids is 2. The number of fused-ring (bicyclic) bond motifs is 1. The molecule has 1 aliphatic rings. The summed E-state index contributed by atoms with van der Waals surface area (Å²) in [6.45, 7) is 1.66. The summed E-state index contributed by atoms with van der Waals surface area (Å²) in [5.41, 5.74) is 0.546. The van der Waals surface area contributed by atoms with E-state index in [-0.39, 0.29) is 17.0 Å². The summed E-state index contributed by atoms with van der Waals surface area (Å²) in [6, 6.07) is 8.00. The quantitative estimate of drug-likeness (QED) is 0.650. The summed E-state index contributed by atoms with van der Waals surface area (Å²) in [4.78, 5) is 24.4. The van der Waals surface area contributed by atoms with E-state index in [0.29, 0.717) is 22.0 Å². The molecular weight excluding hydrogens is 320 g/mol. The number of carbonyl (C=O) groups is 2. The maximum absolute atomic E-state index is 12.3. The lowest BCUT2D eigenvalue weighted by atomic mass is 10.0. The molecule has 0 radical (unpaired) electrons. The molecule has 2 amide bonds. The fraction of sp³-hybridized carbons (Fsp3) is 0.0667. The Morgan fingerprint density at radius 1 is 1.43 bits per heavy atom. The lowest BCUT2D eigenvalue weighted by Crippen LogP contribution is -2.17. The number of rotatable bonds is 2. The van der Waals surface area contributed by atoms with Crippen LogP contribution in [0.2, 0.25) is 5.02 Å². The molecule has 1 aliphatic heterocycles. The molecule has 1 aromatic heterocycles. The Hall–Kier alpha value is -3.11. The van der Waals surface area contributed by atoms with Crippen LogP contribution in [0.25, 0.3) is 5.57 Å². The molecule has 2 aromatic rings. The lowest BCUT2D eigenvalue weighted by molar-refractivity contribution is -0.113. The number of nitrogens with one attached hydrogen (secondary N) is 2. The van der Waals surface area contributed by atoms with Crippen LogP contribution in [0.5, 0.6) is 0 Å². The SMILES string of the molecule is Cc1cc(NC(=O)/C(C#N)=C2\C(=O)Nc3ccc(Cl)cc32)no1. The smallest absolute Gasteiger partial charge is 0.268 e. The summed E-state index contributed by atoms with van der Waals surface area (Å²) < 4.78 is 4.84. The second-order valence-corrected chi connectivity index (χ2v) is 5.22. The van der Waals surface area contributed by atoms with Crippen LogP contribution in [0.1, 0.15) is 11.3 Å². The molecule has 0 saturated carbocycles. The molecule has 0 unspecified atom stereocenters. The number of hydrogen-bond donors (Lipinski definition) is 2. The zero-order valence-electron chi connectivity index (χ0n) is 11.8. The molecule has 114 valence electrons. The van der Waals surface area contributed by atoms with E-state index in [1.807, 2.05) is 0 Å². The molecule has 2 heterocycles. The molecule has 0 fully saturated rings. The Bertz CT molecular complexity index is 908. The van der Waals surface area contributed by atoms with E-state index in [1.54, 1.807) is 25.1 Å². The van der Waals surface area contributed by atoms with Gasteiger partial charge in [-0.1, -0.05) is 16.8 Å². The Morgan fingerprint density at radius 3 is 2.87 bits per heavy atom. The van der Waals surface area contributed by atoms with Gasteiger partial charge in [-0.05, 0) is 25.1 Å². The Labute approximate surface area is 135 Å². The summed E-state index contributed by atoms with van der Waals surface area (Å²) in [5, 5.41) is 18.3. The van der Waals surface area contributed by atoms with Crippen molar-refractivity contribution in [3.8, 4) is 6.07 Å². The van der Waals surface area contributed by atoms with Crippen molar-refractivity contribution in [1.82, 2.24) is 5.16 Å². The van der Waals surface area contributed by atoms with E-state index < -0.39 is 11.8 Å². The van der Waals surface area contributed by atoms with Gasteiger partial charge in [0.1, 0.15) is 17.4 Å². The van der Waals surface area contributed by atoms with Gasteiger partial charge in [0, 0.05) is 22.3 Å². The molecule has 1 aromatic carbocycles. The van der Waals surface area contributed by atoms with Crippen LogP contribution < -0.4 is 10.6 Å². The summed E-state index contributed by atoms with van der Waals surface area (Å²) in [6.07, 6.45) is 0. The van der Waals surface area contributed by atoms with Crippen molar-refractivity contribution in [2.75, 3.05) is 10.6 Å². The van der Waals surface area contributed by atoms with Crippen LogP contribution in [-0.2, 0) is 9.59 Å². The van der Waals surface area contributed by atoms with Gasteiger partial charge in [0.2, 0.25) is 0 Å². The summed E-state index contributed by atoms with van der Waals surface area (Å²) in [7, 11) is 0. The standard InChI is InChI=1S/C15H9ClN4O3/c1-7-4-12(20-23-7)19-14(21)10(6-17)13-9-5-8(16)2-3-11(9)18-15(13)22/h2-5H,1H3,(H,18,22)(H,19,20,21)/b13-10-. The average Bonchev–Trinajstić information content (AvgIpc) is 3.04. The van der Waals surface area contributed by atoms with Gasteiger partial charge in [-0.25, -0.2) is 0 Å². The maximum Gasteiger partial charge on any atom is 0.268 e. The van der Waals surface area contributed by atoms with E-state index in [9.17, 15) is 14.9 Å². The van der Waals surface area contributed by atoms with Gasteiger partial charge >= 0.3 is 0 Å². The second-order valence-electron chi connectivity index (χ2n) is 4.78. The topological polar surface area (TPSA) is 108 Å². The first-order valence-electron chi connectivity index (χ1n) is 6.50. The molecule has 0 spiro atoms. The number of hydrogen-bond acceptors (Lipinski definition) is 5. The van der Waals surface area contributed by atoms with Gasteiger partial charge in [-0.3, -0.25) is 9.59 Å². The fourth-order valence-electron chi connectivity index (χ4n) is 2.21. The number of nitriles is 1. The lowest BCUT2D eigenvalue weighted by Gasteiger charge is -2.03. The number of benzene rings is 1. The summed E-state index contributed by atoms with van der Waals surface area (Å²) in [5.74, 6) is -0.628. The minimum absolute atomic E-state index is 0.0253. The third-order valence-electron chi connectivity index (χ3n) is 3.18. The molecule has 8 heteroatoms. The zero-order valence-corrected chi connectivity index (χ0v) is 12.6. The Morgan fingerprint density at radius 2 is 2.22 bits per heavy atom. The molecule has 0 aliphatic carbocycles. The van der Waals surface area contributed by atoms with Gasteiger partial charge in [-0.2, -0.15) is 5.26 Å². The van der Waals surface area contributed by atoms with E-state index >= 15 is 0 Å². The number of amides is 2.